The molecule has 0 amide bonds. The molecule has 0 atom stereocenters. The molecule has 0 aliphatic heterocycles. The predicted molar refractivity (Wildman–Crippen MR) is 106 cm³/mol. The van der Waals surface area contributed by atoms with Crippen LogP contribution in [0.15, 0.2) is 53.5 Å². The summed E-state index contributed by atoms with van der Waals surface area (Å²) in [5.74, 6) is 1.28. The number of para-hydroxylation sites is 1. The minimum Gasteiger partial charge on any atom is -0.492 e. The molecule has 1 aliphatic rings. The van der Waals surface area contributed by atoms with Crippen LogP contribution >= 0.6 is 24.0 Å². The van der Waals surface area contributed by atoms with E-state index in [0.717, 1.165) is 17.9 Å². The van der Waals surface area contributed by atoms with Crippen LogP contribution in [0.2, 0.25) is 0 Å². The molecule has 0 bridgehead atoms. The Morgan fingerprint density at radius 1 is 1.09 bits per heavy atom. The number of nitrogens with zero attached hydrogens (tertiary/aromatic N) is 1. The smallest absolute Gasteiger partial charge is 0.193 e. The molecule has 2 aromatic rings. The van der Waals surface area contributed by atoms with Gasteiger partial charge in [0, 0.05) is 5.69 Å². The number of hydrogen-bond donors (Lipinski definition) is 2. The number of anilines is 1. The van der Waals surface area contributed by atoms with Crippen molar-refractivity contribution in [2.45, 2.75) is 19.3 Å². The minimum absolute atomic E-state index is 0. The van der Waals surface area contributed by atoms with Crippen molar-refractivity contribution in [2.75, 3.05) is 18.5 Å². The summed E-state index contributed by atoms with van der Waals surface area (Å²) in [6, 6.07) is 16.1. The third-order valence-corrected chi connectivity index (χ3v) is 3.76. The van der Waals surface area contributed by atoms with Crippen molar-refractivity contribution in [2.24, 2.45) is 10.7 Å². The van der Waals surface area contributed by atoms with Gasteiger partial charge in [-0.1, -0.05) is 24.3 Å². The number of hydrogen-bond acceptors (Lipinski definition) is 2. The minimum atomic E-state index is 0. The number of halogens is 1. The lowest BCUT2D eigenvalue weighted by Crippen LogP contribution is -2.23. The fourth-order valence-electron chi connectivity index (χ4n) is 2.68. The third kappa shape index (κ3) is 5.13. The van der Waals surface area contributed by atoms with Crippen molar-refractivity contribution in [3.8, 4) is 5.75 Å². The van der Waals surface area contributed by atoms with Gasteiger partial charge >= 0.3 is 0 Å². The van der Waals surface area contributed by atoms with Crippen molar-refractivity contribution in [3.05, 3.63) is 59.7 Å². The van der Waals surface area contributed by atoms with E-state index in [1.165, 1.54) is 24.0 Å². The fourth-order valence-corrected chi connectivity index (χ4v) is 2.68. The summed E-state index contributed by atoms with van der Waals surface area (Å²) in [5.41, 5.74) is 9.80. The first-order valence-electron chi connectivity index (χ1n) is 7.68. The van der Waals surface area contributed by atoms with E-state index in [4.69, 9.17) is 10.5 Å². The maximum atomic E-state index is 5.91. The van der Waals surface area contributed by atoms with E-state index in [-0.39, 0.29) is 24.0 Å². The molecule has 2 aromatic carbocycles. The van der Waals surface area contributed by atoms with E-state index >= 15 is 0 Å². The summed E-state index contributed by atoms with van der Waals surface area (Å²) in [4.78, 5) is 4.29. The number of nitrogens with two attached hydrogens (primary N) is 1. The van der Waals surface area contributed by atoms with Gasteiger partial charge in [-0.2, -0.15) is 0 Å². The van der Waals surface area contributed by atoms with Crippen molar-refractivity contribution in [3.63, 3.8) is 0 Å². The Balaban J connectivity index is 0.00000192. The Kier molecular flexibility index (Phi) is 6.70. The first kappa shape index (κ1) is 17.6. The van der Waals surface area contributed by atoms with Crippen LogP contribution in [-0.2, 0) is 12.8 Å². The molecule has 0 spiro atoms. The lowest BCUT2D eigenvalue weighted by molar-refractivity contribution is 0.329. The van der Waals surface area contributed by atoms with Gasteiger partial charge in [0.1, 0.15) is 12.4 Å². The van der Waals surface area contributed by atoms with E-state index in [0.29, 0.717) is 19.1 Å². The monoisotopic (exact) mass is 423 g/mol. The SMILES string of the molecule is I.NC(=NCCOc1ccccc1)Nc1ccc2c(c1)CCC2. The van der Waals surface area contributed by atoms with Gasteiger partial charge in [-0.15, -0.1) is 24.0 Å². The number of aliphatic imine (C=N–C) groups is 1. The second-order valence-electron chi connectivity index (χ2n) is 5.39. The lowest BCUT2D eigenvalue weighted by Gasteiger charge is -2.08. The van der Waals surface area contributed by atoms with Gasteiger partial charge in [-0.05, 0) is 54.7 Å². The zero-order valence-corrected chi connectivity index (χ0v) is 15.3. The van der Waals surface area contributed by atoms with E-state index in [2.05, 4.69) is 28.5 Å². The summed E-state index contributed by atoms with van der Waals surface area (Å²) in [7, 11) is 0. The average molecular weight is 423 g/mol. The number of ether oxygens (including phenoxy) is 1. The molecule has 0 saturated heterocycles. The van der Waals surface area contributed by atoms with Crippen molar-refractivity contribution in [1.29, 1.82) is 0 Å². The number of fused-ring (bicyclic) bond motifs is 1. The summed E-state index contributed by atoms with van der Waals surface area (Å²) < 4.78 is 5.58. The third-order valence-electron chi connectivity index (χ3n) is 3.76. The molecule has 122 valence electrons. The highest BCUT2D eigenvalue weighted by Crippen LogP contribution is 2.24. The molecule has 0 heterocycles. The molecule has 0 aromatic heterocycles. The summed E-state index contributed by atoms with van der Waals surface area (Å²) >= 11 is 0. The largest absolute Gasteiger partial charge is 0.492 e. The highest BCUT2D eigenvalue weighted by Gasteiger charge is 2.10. The van der Waals surface area contributed by atoms with Crippen LogP contribution in [0.3, 0.4) is 0 Å². The summed E-state index contributed by atoms with van der Waals surface area (Å²) in [6.45, 7) is 1.04. The van der Waals surface area contributed by atoms with Crippen molar-refractivity contribution in [1.82, 2.24) is 0 Å². The molecule has 3 N–H and O–H groups in total. The Morgan fingerprint density at radius 3 is 2.70 bits per heavy atom. The Morgan fingerprint density at radius 2 is 1.87 bits per heavy atom. The maximum Gasteiger partial charge on any atom is 0.193 e. The molecule has 3 rings (SSSR count). The molecule has 23 heavy (non-hydrogen) atoms. The maximum absolute atomic E-state index is 5.91. The Bertz CT molecular complexity index is 659. The van der Waals surface area contributed by atoms with Crippen LogP contribution in [0.5, 0.6) is 5.75 Å². The molecule has 0 fully saturated rings. The first-order chi connectivity index (χ1) is 10.8. The molecule has 0 radical (unpaired) electrons. The number of aryl methyl sites for hydroxylation is 2. The van der Waals surface area contributed by atoms with Gasteiger partial charge < -0.3 is 15.8 Å². The summed E-state index contributed by atoms with van der Waals surface area (Å²) in [5, 5.41) is 3.14. The molecule has 0 unspecified atom stereocenters. The Hall–Kier alpha value is -1.76. The van der Waals surface area contributed by atoms with Gasteiger partial charge in [0.15, 0.2) is 5.96 Å². The van der Waals surface area contributed by atoms with E-state index < -0.39 is 0 Å². The van der Waals surface area contributed by atoms with Crippen LogP contribution < -0.4 is 15.8 Å². The van der Waals surface area contributed by atoms with Crippen molar-refractivity contribution >= 4 is 35.6 Å². The normalized spacial score (nSPS) is 13.1. The lowest BCUT2D eigenvalue weighted by atomic mass is 10.1. The fraction of sp³-hybridized carbons (Fsp3) is 0.278. The molecule has 1 aliphatic carbocycles. The van der Waals surface area contributed by atoms with Gasteiger partial charge in [0.05, 0.1) is 6.54 Å². The van der Waals surface area contributed by atoms with Crippen LogP contribution in [0.4, 0.5) is 5.69 Å². The highest BCUT2D eigenvalue weighted by atomic mass is 127. The van der Waals surface area contributed by atoms with E-state index in [1.54, 1.807) is 0 Å². The molecule has 4 nitrogen and oxygen atoms in total. The number of guanidine groups is 1. The summed E-state index contributed by atoms with van der Waals surface area (Å²) in [6.07, 6.45) is 3.60. The van der Waals surface area contributed by atoms with Crippen molar-refractivity contribution < 1.29 is 4.74 Å². The zero-order valence-electron chi connectivity index (χ0n) is 13.0. The molecule has 5 heteroatoms. The van der Waals surface area contributed by atoms with E-state index in [1.807, 2.05) is 30.3 Å². The first-order valence-corrected chi connectivity index (χ1v) is 7.68. The molecular weight excluding hydrogens is 401 g/mol. The second kappa shape index (κ2) is 8.76. The molecular formula is C18H22IN3O. The van der Waals surface area contributed by atoms with Crippen LogP contribution in [0.1, 0.15) is 17.5 Å². The van der Waals surface area contributed by atoms with Gasteiger partial charge in [-0.3, -0.25) is 0 Å². The standard InChI is InChI=1S/C18H21N3O.HI/c19-18(20-11-12-22-17-7-2-1-3-8-17)21-16-10-9-14-5-4-6-15(14)13-16;/h1-3,7-10,13H,4-6,11-12H2,(H3,19,20,21);1H. The van der Waals surface area contributed by atoms with Crippen LogP contribution in [-0.4, -0.2) is 19.1 Å². The number of rotatable bonds is 5. The van der Waals surface area contributed by atoms with Crippen LogP contribution in [0.25, 0.3) is 0 Å². The number of benzene rings is 2. The zero-order chi connectivity index (χ0) is 15.2. The number of nitrogens with one attached hydrogen (secondary N) is 1. The second-order valence-corrected chi connectivity index (χ2v) is 5.39. The van der Waals surface area contributed by atoms with E-state index in [9.17, 15) is 0 Å². The highest BCUT2D eigenvalue weighted by molar-refractivity contribution is 14.0. The average Bonchev–Trinajstić information content (AvgIpc) is 3.00. The molecule has 0 saturated carbocycles. The van der Waals surface area contributed by atoms with Gasteiger partial charge in [0.2, 0.25) is 0 Å². The quantitative estimate of drug-likeness (QED) is 0.335. The predicted octanol–water partition coefficient (Wildman–Crippen LogP) is 3.60. The van der Waals surface area contributed by atoms with Gasteiger partial charge in [0.25, 0.3) is 0 Å². The topological polar surface area (TPSA) is 59.6 Å². The van der Waals surface area contributed by atoms with Crippen LogP contribution in [0, 0.1) is 0 Å². The van der Waals surface area contributed by atoms with Gasteiger partial charge in [-0.25, -0.2) is 4.99 Å². The Labute approximate surface area is 154 Å².